The Morgan fingerprint density at radius 1 is 1.05 bits per heavy atom. The second-order valence-electron chi connectivity index (χ2n) is 4.91. The molecule has 0 unspecified atom stereocenters. The molecule has 0 aliphatic rings. The van der Waals surface area contributed by atoms with E-state index in [1.165, 1.54) is 10.8 Å². The lowest BCUT2D eigenvalue weighted by Gasteiger charge is -2.04. The normalized spacial score (nSPS) is 10.7. The minimum Gasteiger partial charge on any atom is -0.478 e. The molecule has 0 bridgehead atoms. The van der Waals surface area contributed by atoms with Gasteiger partial charge in [-0.3, -0.25) is 9.36 Å². The summed E-state index contributed by atoms with van der Waals surface area (Å²) in [6.07, 6.45) is 1.39. The van der Waals surface area contributed by atoms with E-state index in [0.29, 0.717) is 16.5 Å². The summed E-state index contributed by atoms with van der Waals surface area (Å²) in [7, 11) is 0. The van der Waals surface area contributed by atoms with Crippen LogP contribution < -0.4 is 0 Å². The molecule has 0 aliphatic carbocycles. The topological polar surface area (TPSA) is 59.3 Å². The van der Waals surface area contributed by atoms with Crippen molar-refractivity contribution in [1.82, 2.24) is 4.57 Å². The molecule has 1 heterocycles. The van der Waals surface area contributed by atoms with Crippen LogP contribution >= 0.6 is 0 Å². The molecule has 21 heavy (non-hydrogen) atoms. The monoisotopic (exact) mass is 279 g/mol. The predicted molar refractivity (Wildman–Crippen MR) is 79.8 cm³/mol. The lowest BCUT2D eigenvalue weighted by atomic mass is 10.1. The van der Waals surface area contributed by atoms with E-state index < -0.39 is 5.97 Å². The van der Waals surface area contributed by atoms with Gasteiger partial charge in [0.05, 0.1) is 11.1 Å². The summed E-state index contributed by atoms with van der Waals surface area (Å²) in [6, 6.07) is 14.2. The van der Waals surface area contributed by atoms with E-state index >= 15 is 0 Å². The Balaban J connectivity index is 2.21. The first-order valence-electron chi connectivity index (χ1n) is 6.52. The van der Waals surface area contributed by atoms with E-state index in [9.17, 15) is 14.7 Å². The number of hydrogen-bond donors (Lipinski definition) is 1. The molecule has 3 aromatic rings. The summed E-state index contributed by atoms with van der Waals surface area (Å²) in [6.45, 7) is 1.91. The van der Waals surface area contributed by atoms with Crippen LogP contribution in [0.15, 0.2) is 54.7 Å². The maximum absolute atomic E-state index is 12.6. The van der Waals surface area contributed by atoms with Gasteiger partial charge in [-0.05, 0) is 25.1 Å². The van der Waals surface area contributed by atoms with Gasteiger partial charge in [0, 0.05) is 17.1 Å². The van der Waals surface area contributed by atoms with Crippen molar-refractivity contribution in [3.8, 4) is 0 Å². The average molecular weight is 279 g/mol. The number of hydrogen-bond acceptors (Lipinski definition) is 2. The SMILES string of the molecule is Cc1cccc(C(=O)n2cc(C(=O)O)c3ccccc32)c1. The van der Waals surface area contributed by atoms with Crippen LogP contribution in [0.3, 0.4) is 0 Å². The molecule has 0 atom stereocenters. The number of aryl methyl sites for hydroxylation is 1. The fourth-order valence-corrected chi connectivity index (χ4v) is 2.44. The van der Waals surface area contributed by atoms with Crippen LogP contribution in [0.1, 0.15) is 26.3 Å². The van der Waals surface area contributed by atoms with Crippen molar-refractivity contribution in [2.45, 2.75) is 6.92 Å². The summed E-state index contributed by atoms with van der Waals surface area (Å²) in [5.41, 5.74) is 2.25. The molecule has 4 nitrogen and oxygen atoms in total. The molecular weight excluding hydrogens is 266 g/mol. The summed E-state index contributed by atoms with van der Waals surface area (Å²) < 4.78 is 1.40. The largest absolute Gasteiger partial charge is 0.478 e. The van der Waals surface area contributed by atoms with Gasteiger partial charge >= 0.3 is 5.97 Å². The van der Waals surface area contributed by atoms with E-state index in [4.69, 9.17) is 0 Å². The number of nitrogens with zero attached hydrogens (tertiary/aromatic N) is 1. The molecule has 0 amide bonds. The van der Waals surface area contributed by atoms with Crippen LogP contribution in [-0.2, 0) is 0 Å². The summed E-state index contributed by atoms with van der Waals surface area (Å²) in [5.74, 6) is -1.27. The van der Waals surface area contributed by atoms with Gasteiger partial charge in [-0.2, -0.15) is 0 Å². The lowest BCUT2D eigenvalue weighted by Crippen LogP contribution is -2.11. The van der Waals surface area contributed by atoms with Crippen molar-refractivity contribution in [2.75, 3.05) is 0 Å². The summed E-state index contributed by atoms with van der Waals surface area (Å²) >= 11 is 0. The van der Waals surface area contributed by atoms with Gasteiger partial charge in [0.15, 0.2) is 0 Å². The molecule has 1 aromatic heterocycles. The minimum atomic E-state index is -1.04. The highest BCUT2D eigenvalue weighted by molar-refractivity contribution is 6.09. The van der Waals surface area contributed by atoms with Crippen molar-refractivity contribution in [3.63, 3.8) is 0 Å². The van der Waals surface area contributed by atoms with Crippen LogP contribution in [0.25, 0.3) is 10.9 Å². The van der Waals surface area contributed by atoms with Gasteiger partial charge in [-0.1, -0.05) is 35.9 Å². The molecule has 0 aliphatic heterocycles. The third kappa shape index (κ3) is 2.21. The second-order valence-corrected chi connectivity index (χ2v) is 4.91. The molecule has 2 aromatic carbocycles. The van der Waals surface area contributed by atoms with Gasteiger partial charge in [0.2, 0.25) is 0 Å². The zero-order valence-corrected chi connectivity index (χ0v) is 11.4. The zero-order chi connectivity index (χ0) is 15.0. The van der Waals surface area contributed by atoms with Gasteiger partial charge < -0.3 is 5.11 Å². The Morgan fingerprint density at radius 2 is 1.81 bits per heavy atom. The third-order valence-corrected chi connectivity index (χ3v) is 3.43. The van der Waals surface area contributed by atoms with Gasteiger partial charge in [-0.25, -0.2) is 4.79 Å². The molecular formula is C17H13NO3. The number of carboxylic acids is 1. The summed E-state index contributed by atoms with van der Waals surface area (Å²) in [4.78, 5) is 23.9. The maximum Gasteiger partial charge on any atom is 0.337 e. The maximum atomic E-state index is 12.6. The van der Waals surface area contributed by atoms with Crippen LogP contribution in [0.4, 0.5) is 0 Å². The van der Waals surface area contributed by atoms with Gasteiger partial charge in [0.25, 0.3) is 5.91 Å². The molecule has 0 saturated heterocycles. The van der Waals surface area contributed by atoms with Crippen LogP contribution in [0.2, 0.25) is 0 Å². The van der Waals surface area contributed by atoms with Crippen molar-refractivity contribution in [2.24, 2.45) is 0 Å². The van der Waals surface area contributed by atoms with Crippen molar-refractivity contribution in [3.05, 3.63) is 71.4 Å². The first-order valence-corrected chi connectivity index (χ1v) is 6.52. The average Bonchev–Trinajstić information content (AvgIpc) is 2.86. The zero-order valence-electron chi connectivity index (χ0n) is 11.4. The number of carbonyl (C=O) groups excluding carboxylic acids is 1. The Labute approximate surface area is 121 Å². The van der Waals surface area contributed by atoms with E-state index in [0.717, 1.165) is 5.56 Å². The molecule has 0 saturated carbocycles. The summed E-state index contributed by atoms with van der Waals surface area (Å²) in [5, 5.41) is 9.83. The molecule has 0 spiro atoms. The quantitative estimate of drug-likeness (QED) is 0.782. The van der Waals surface area contributed by atoms with Crippen LogP contribution in [0.5, 0.6) is 0 Å². The molecule has 1 N–H and O–H groups in total. The Bertz CT molecular complexity index is 861. The van der Waals surface area contributed by atoms with E-state index in [-0.39, 0.29) is 11.5 Å². The van der Waals surface area contributed by atoms with Crippen LogP contribution in [0, 0.1) is 6.92 Å². The highest BCUT2D eigenvalue weighted by Gasteiger charge is 2.18. The fraction of sp³-hybridized carbons (Fsp3) is 0.0588. The Morgan fingerprint density at radius 3 is 2.52 bits per heavy atom. The number of aromatic nitrogens is 1. The highest BCUT2D eigenvalue weighted by Crippen LogP contribution is 2.22. The second kappa shape index (κ2) is 4.90. The lowest BCUT2D eigenvalue weighted by molar-refractivity contribution is 0.0699. The molecule has 3 rings (SSSR count). The molecule has 0 radical (unpaired) electrons. The molecule has 4 heteroatoms. The van der Waals surface area contributed by atoms with Crippen LogP contribution in [-0.4, -0.2) is 21.6 Å². The first kappa shape index (κ1) is 13.1. The number of fused-ring (bicyclic) bond motifs is 1. The van der Waals surface area contributed by atoms with Crippen molar-refractivity contribution in [1.29, 1.82) is 0 Å². The number of aromatic carboxylic acids is 1. The smallest absolute Gasteiger partial charge is 0.337 e. The Kier molecular flexibility index (Phi) is 3.06. The van der Waals surface area contributed by atoms with Crippen molar-refractivity contribution < 1.29 is 14.7 Å². The third-order valence-electron chi connectivity index (χ3n) is 3.43. The van der Waals surface area contributed by atoms with Crippen molar-refractivity contribution >= 4 is 22.8 Å². The number of rotatable bonds is 2. The molecule has 104 valence electrons. The highest BCUT2D eigenvalue weighted by atomic mass is 16.4. The standard InChI is InChI=1S/C17H13NO3/c1-11-5-4-6-12(9-11)16(19)18-10-14(17(20)21)13-7-2-3-8-15(13)18/h2-10H,1H3,(H,20,21). The fourth-order valence-electron chi connectivity index (χ4n) is 2.44. The van der Waals surface area contributed by atoms with E-state index in [1.54, 1.807) is 36.4 Å². The van der Waals surface area contributed by atoms with Gasteiger partial charge in [0.1, 0.15) is 0 Å². The predicted octanol–water partition coefficient (Wildman–Crippen LogP) is 3.34. The molecule has 0 fully saturated rings. The van der Waals surface area contributed by atoms with E-state index in [2.05, 4.69) is 0 Å². The number of para-hydroxylation sites is 1. The number of benzene rings is 2. The van der Waals surface area contributed by atoms with Gasteiger partial charge in [-0.15, -0.1) is 0 Å². The minimum absolute atomic E-state index is 0.131. The first-order chi connectivity index (χ1) is 10.1. The Hall–Kier alpha value is -2.88. The number of carboxylic acid groups (broad SMARTS) is 1. The number of carbonyl (C=O) groups is 2. The van der Waals surface area contributed by atoms with E-state index in [1.807, 2.05) is 19.1 Å².